The van der Waals surface area contributed by atoms with E-state index >= 15 is 0 Å². The second-order valence-corrected chi connectivity index (χ2v) is 2.58. The van der Waals surface area contributed by atoms with Crippen molar-refractivity contribution in [3.8, 4) is 0 Å². The summed E-state index contributed by atoms with van der Waals surface area (Å²) in [6.45, 7) is 0. The Kier molecular flexibility index (Phi) is 3.71. The van der Waals surface area contributed by atoms with E-state index < -0.39 is 0 Å². The van der Waals surface area contributed by atoms with E-state index in [0.29, 0.717) is 0 Å². The van der Waals surface area contributed by atoms with Crippen molar-refractivity contribution in [2.45, 2.75) is 12.5 Å². The fraction of sp³-hybridized carbons (Fsp3) is 0.250. The van der Waals surface area contributed by atoms with Crippen LogP contribution in [0.2, 0.25) is 0 Å². The number of allylic oxidation sites excluding steroid dienone is 1. The summed E-state index contributed by atoms with van der Waals surface area (Å²) in [7, 11) is 0. The summed E-state index contributed by atoms with van der Waals surface area (Å²) in [5, 5.41) is 4.65. The fourth-order valence-electron chi connectivity index (χ4n) is 0.897. The van der Waals surface area contributed by atoms with E-state index in [1.807, 2.05) is 18.2 Å². The van der Waals surface area contributed by atoms with Gasteiger partial charge >= 0.3 is 0 Å². The van der Waals surface area contributed by atoms with Gasteiger partial charge in [-0.05, 0) is 36.9 Å². The monoisotopic (exact) mass is 194 g/mol. The first-order valence-corrected chi connectivity index (χ1v) is 4.21. The maximum Gasteiger partial charge on any atom is 0.0822 e. The van der Waals surface area contributed by atoms with Gasteiger partial charge in [0.15, 0.2) is 0 Å². The molecule has 1 aliphatic rings. The quantitative estimate of drug-likeness (QED) is 0.498. The van der Waals surface area contributed by atoms with Crippen LogP contribution in [0.1, 0.15) is 6.42 Å². The largest absolute Gasteiger partial charge is 0.225 e. The molecule has 0 saturated carbocycles. The fourth-order valence-corrected chi connectivity index (χ4v) is 1.14. The van der Waals surface area contributed by atoms with Crippen molar-refractivity contribution in [3.63, 3.8) is 0 Å². The summed E-state index contributed by atoms with van der Waals surface area (Å²) in [6, 6.07) is 0.117. The van der Waals surface area contributed by atoms with Gasteiger partial charge in [-0.2, -0.15) is 4.99 Å². The van der Waals surface area contributed by atoms with Crippen LogP contribution in [-0.2, 0) is 0 Å². The number of nitrogens with zero attached hydrogens (tertiary/aromatic N) is 2. The number of rotatable bonds is 2. The van der Waals surface area contributed by atoms with Gasteiger partial charge in [0, 0.05) is 0 Å². The molecule has 0 heterocycles. The van der Waals surface area contributed by atoms with Crippen LogP contribution in [0.4, 0.5) is 0 Å². The molecule has 0 bridgehead atoms. The molecule has 0 spiro atoms. The molecule has 1 atom stereocenters. The first-order valence-electron chi connectivity index (χ1n) is 3.40. The lowest BCUT2D eigenvalue weighted by molar-refractivity contribution is 0.825. The average Bonchev–Trinajstić information content (AvgIpc) is 2.09. The Morgan fingerprint density at radius 1 is 1.42 bits per heavy atom. The van der Waals surface area contributed by atoms with Crippen molar-refractivity contribution in [1.82, 2.24) is 0 Å². The Labute approximate surface area is 81.4 Å². The van der Waals surface area contributed by atoms with Crippen LogP contribution in [0.3, 0.4) is 0 Å². The molecule has 0 aromatic rings. The lowest BCUT2D eigenvalue weighted by Gasteiger charge is -2.06. The molecule has 4 heteroatoms. The lowest BCUT2D eigenvalue weighted by Crippen LogP contribution is -2.01. The lowest BCUT2D eigenvalue weighted by atomic mass is 10.1. The molecule has 0 fully saturated rings. The summed E-state index contributed by atoms with van der Waals surface area (Å²) in [5.41, 5.74) is 0.834. The Balaban J connectivity index is 2.66. The highest BCUT2D eigenvalue weighted by molar-refractivity contribution is 7.78. The van der Waals surface area contributed by atoms with E-state index in [9.17, 15) is 0 Å². The average molecular weight is 194 g/mol. The molecule has 1 rings (SSSR count). The molecule has 0 saturated heterocycles. The van der Waals surface area contributed by atoms with E-state index in [1.165, 1.54) is 0 Å². The molecule has 0 aliphatic heterocycles. The Morgan fingerprint density at radius 3 is 2.75 bits per heavy atom. The summed E-state index contributed by atoms with van der Waals surface area (Å²) in [4.78, 5) is 7.75. The Morgan fingerprint density at radius 2 is 2.25 bits per heavy atom. The Hall–Kier alpha value is -0.920. The zero-order chi connectivity index (χ0) is 8.81. The van der Waals surface area contributed by atoms with Crippen LogP contribution in [0.5, 0.6) is 0 Å². The highest BCUT2D eigenvalue weighted by atomic mass is 32.1. The number of thiocarbonyl (C=S) groups is 2. The minimum atomic E-state index is 0.117. The highest BCUT2D eigenvalue weighted by Crippen LogP contribution is 2.13. The zero-order valence-corrected chi connectivity index (χ0v) is 7.86. The summed E-state index contributed by atoms with van der Waals surface area (Å²) in [6.07, 6.45) is 6.52. The zero-order valence-electron chi connectivity index (χ0n) is 6.23. The van der Waals surface area contributed by atoms with Gasteiger partial charge in [0.1, 0.15) is 0 Å². The predicted molar refractivity (Wildman–Crippen MR) is 55.7 cm³/mol. The normalized spacial score (nSPS) is 20.3. The second-order valence-electron chi connectivity index (χ2n) is 2.21. The van der Waals surface area contributed by atoms with Crippen molar-refractivity contribution in [2.24, 2.45) is 9.98 Å². The third-order valence-electron chi connectivity index (χ3n) is 1.45. The number of hydrogen-bond donors (Lipinski definition) is 0. The van der Waals surface area contributed by atoms with Gasteiger partial charge in [0.05, 0.1) is 22.1 Å². The summed E-state index contributed by atoms with van der Waals surface area (Å²) < 4.78 is 0. The molecule has 0 aromatic heterocycles. The van der Waals surface area contributed by atoms with Crippen LogP contribution in [0.25, 0.3) is 0 Å². The van der Waals surface area contributed by atoms with E-state index in [-0.39, 0.29) is 6.04 Å². The molecule has 2 nitrogen and oxygen atoms in total. The van der Waals surface area contributed by atoms with Gasteiger partial charge in [-0.15, -0.1) is 0 Å². The van der Waals surface area contributed by atoms with E-state index in [1.54, 1.807) is 0 Å². The standard InChI is InChI=1S/C8H6N2S2/c11-5-9-7-1-2-8(4-3-7)10-6-12/h1-3,8H,4H2. The predicted octanol–water partition coefficient (Wildman–Crippen LogP) is 2.40. The van der Waals surface area contributed by atoms with Gasteiger partial charge in [-0.1, -0.05) is 12.2 Å². The van der Waals surface area contributed by atoms with Gasteiger partial charge in [0.25, 0.3) is 0 Å². The summed E-state index contributed by atoms with van der Waals surface area (Å²) >= 11 is 8.96. The first-order chi connectivity index (χ1) is 5.86. The van der Waals surface area contributed by atoms with Crippen LogP contribution >= 0.6 is 24.4 Å². The maximum atomic E-state index is 4.49. The van der Waals surface area contributed by atoms with Crippen molar-refractivity contribution in [3.05, 3.63) is 23.9 Å². The summed E-state index contributed by atoms with van der Waals surface area (Å²) in [5.74, 6) is 0. The van der Waals surface area contributed by atoms with Crippen molar-refractivity contribution < 1.29 is 0 Å². The molecule has 1 unspecified atom stereocenters. The van der Waals surface area contributed by atoms with Crippen LogP contribution in [0, 0.1) is 0 Å². The number of aliphatic imine (C=N–C) groups is 2. The number of isothiocyanates is 2. The molecule has 0 amide bonds. The van der Waals surface area contributed by atoms with Crippen molar-refractivity contribution in [2.75, 3.05) is 0 Å². The van der Waals surface area contributed by atoms with Gasteiger partial charge in [0.2, 0.25) is 0 Å². The highest BCUT2D eigenvalue weighted by Gasteiger charge is 2.04. The minimum Gasteiger partial charge on any atom is -0.225 e. The van der Waals surface area contributed by atoms with Crippen LogP contribution in [0.15, 0.2) is 33.9 Å². The molecular formula is C8H6N2S2. The molecule has 60 valence electrons. The van der Waals surface area contributed by atoms with Gasteiger partial charge in [-0.3, -0.25) is 0 Å². The van der Waals surface area contributed by atoms with Crippen LogP contribution in [-0.4, -0.2) is 16.4 Å². The van der Waals surface area contributed by atoms with Crippen molar-refractivity contribution >= 4 is 34.8 Å². The molecule has 1 aliphatic carbocycles. The SMILES string of the molecule is S=C=NC1=CCC(N=C=S)C=C1. The molecule has 0 aromatic carbocycles. The first kappa shape index (κ1) is 9.17. The third-order valence-corrected chi connectivity index (χ3v) is 1.65. The minimum absolute atomic E-state index is 0.117. The Bertz CT molecular complexity index is 318. The second kappa shape index (κ2) is 4.86. The third kappa shape index (κ3) is 2.61. The molecule has 12 heavy (non-hydrogen) atoms. The molecule has 0 N–H and O–H groups in total. The van der Waals surface area contributed by atoms with Crippen LogP contribution < -0.4 is 0 Å². The van der Waals surface area contributed by atoms with E-state index in [2.05, 4.69) is 44.7 Å². The topological polar surface area (TPSA) is 24.7 Å². The molecule has 0 radical (unpaired) electrons. The molecular weight excluding hydrogens is 188 g/mol. The van der Waals surface area contributed by atoms with E-state index in [4.69, 9.17) is 0 Å². The maximum absolute atomic E-state index is 4.49. The smallest absolute Gasteiger partial charge is 0.0822 e. The number of hydrogen-bond acceptors (Lipinski definition) is 4. The van der Waals surface area contributed by atoms with Crippen molar-refractivity contribution in [1.29, 1.82) is 0 Å². The van der Waals surface area contributed by atoms with Gasteiger partial charge in [-0.25, -0.2) is 4.99 Å². The van der Waals surface area contributed by atoms with E-state index in [0.717, 1.165) is 12.1 Å². The van der Waals surface area contributed by atoms with Gasteiger partial charge < -0.3 is 0 Å².